The zero-order valence-corrected chi connectivity index (χ0v) is 6.40. The average molecular weight is 170 g/mol. The van der Waals surface area contributed by atoms with Crippen LogP contribution < -0.4 is 10.0 Å². The lowest BCUT2D eigenvalue weighted by Gasteiger charge is -2.09. The number of rotatable bonds is 1. The molecule has 11 heavy (non-hydrogen) atoms. The highest BCUT2D eigenvalue weighted by molar-refractivity contribution is 7.82. The Morgan fingerprint density at radius 3 is 2.91 bits per heavy atom. The molecular formula is C5H6N4OS. The van der Waals surface area contributed by atoms with E-state index in [-0.39, 0.29) is 0 Å². The summed E-state index contributed by atoms with van der Waals surface area (Å²) in [7, 11) is 0. The van der Waals surface area contributed by atoms with Crippen LogP contribution in [0.1, 0.15) is 0 Å². The zero-order valence-electron chi connectivity index (χ0n) is 5.51. The van der Waals surface area contributed by atoms with E-state index in [1.165, 1.54) is 18.6 Å². The van der Waals surface area contributed by atoms with E-state index in [2.05, 4.69) is 22.8 Å². The van der Waals surface area contributed by atoms with Gasteiger partial charge in [-0.25, -0.2) is 19.1 Å². The molecule has 0 saturated heterocycles. The molecule has 2 amide bonds. The standard InChI is InChI=1S/C5H6N4OS/c6-5(10)9(11)4-1-2-7-3-8-4/h1-3,11H,(H2,6,10). The van der Waals surface area contributed by atoms with Gasteiger partial charge in [-0.3, -0.25) is 0 Å². The van der Waals surface area contributed by atoms with Crippen molar-refractivity contribution in [3.63, 3.8) is 0 Å². The fourth-order valence-electron chi connectivity index (χ4n) is 0.522. The number of hydrogen-bond donors (Lipinski definition) is 2. The van der Waals surface area contributed by atoms with E-state index in [0.717, 1.165) is 4.31 Å². The van der Waals surface area contributed by atoms with Crippen LogP contribution in [0.15, 0.2) is 18.6 Å². The largest absolute Gasteiger partial charge is 0.350 e. The van der Waals surface area contributed by atoms with Crippen molar-refractivity contribution in [2.45, 2.75) is 0 Å². The third kappa shape index (κ3) is 1.81. The molecule has 0 aliphatic heterocycles. The molecule has 0 bridgehead atoms. The van der Waals surface area contributed by atoms with Crippen LogP contribution in [0, 0.1) is 0 Å². The first-order valence-corrected chi connectivity index (χ1v) is 3.16. The highest BCUT2D eigenvalue weighted by atomic mass is 32.1. The van der Waals surface area contributed by atoms with Crippen molar-refractivity contribution in [2.24, 2.45) is 5.73 Å². The zero-order chi connectivity index (χ0) is 8.27. The first kappa shape index (κ1) is 7.80. The van der Waals surface area contributed by atoms with E-state index in [1.54, 1.807) is 0 Å². The van der Waals surface area contributed by atoms with Crippen molar-refractivity contribution in [2.75, 3.05) is 4.31 Å². The van der Waals surface area contributed by atoms with E-state index < -0.39 is 6.03 Å². The summed E-state index contributed by atoms with van der Waals surface area (Å²) in [4.78, 5) is 17.9. The summed E-state index contributed by atoms with van der Waals surface area (Å²) in [5.41, 5.74) is 4.92. The lowest BCUT2D eigenvalue weighted by Crippen LogP contribution is -2.27. The third-order valence-electron chi connectivity index (χ3n) is 0.992. The maximum absolute atomic E-state index is 10.5. The molecule has 0 spiro atoms. The average Bonchev–Trinajstić information content (AvgIpc) is 2.05. The molecule has 1 aromatic rings. The number of nitrogens with zero attached hydrogens (tertiary/aromatic N) is 3. The predicted octanol–water partition coefficient (Wildman–Crippen LogP) is 0.207. The van der Waals surface area contributed by atoms with Gasteiger partial charge >= 0.3 is 6.03 Å². The number of urea groups is 1. The first-order chi connectivity index (χ1) is 5.22. The number of anilines is 1. The first-order valence-electron chi connectivity index (χ1n) is 2.76. The number of thiol groups is 1. The third-order valence-corrected chi connectivity index (χ3v) is 1.39. The monoisotopic (exact) mass is 170 g/mol. The SMILES string of the molecule is NC(=O)N(S)c1ccncn1. The smallest absolute Gasteiger partial charge is 0.330 e. The second-order valence-electron chi connectivity index (χ2n) is 1.72. The molecule has 6 heteroatoms. The van der Waals surface area contributed by atoms with Crippen LogP contribution in [-0.4, -0.2) is 16.0 Å². The minimum Gasteiger partial charge on any atom is -0.350 e. The summed E-state index contributed by atoms with van der Waals surface area (Å²) in [5, 5.41) is 0. The van der Waals surface area contributed by atoms with Crippen molar-refractivity contribution < 1.29 is 4.79 Å². The minimum absolute atomic E-state index is 0.357. The molecular weight excluding hydrogens is 164 g/mol. The van der Waals surface area contributed by atoms with E-state index in [4.69, 9.17) is 5.73 Å². The van der Waals surface area contributed by atoms with Crippen LogP contribution >= 0.6 is 12.8 Å². The van der Waals surface area contributed by atoms with E-state index in [9.17, 15) is 4.79 Å². The Hall–Kier alpha value is -1.30. The lowest BCUT2D eigenvalue weighted by atomic mass is 10.6. The van der Waals surface area contributed by atoms with Gasteiger partial charge in [0, 0.05) is 12.3 Å². The number of amides is 2. The van der Waals surface area contributed by atoms with E-state index in [1.807, 2.05) is 0 Å². The van der Waals surface area contributed by atoms with Gasteiger partial charge in [0.05, 0.1) is 0 Å². The summed E-state index contributed by atoms with van der Waals surface area (Å²) in [5.74, 6) is 0.357. The second kappa shape index (κ2) is 3.20. The Kier molecular flexibility index (Phi) is 2.27. The maximum Gasteiger partial charge on any atom is 0.330 e. The molecule has 58 valence electrons. The van der Waals surface area contributed by atoms with Crippen LogP contribution in [0.4, 0.5) is 10.6 Å². The van der Waals surface area contributed by atoms with Gasteiger partial charge < -0.3 is 5.73 Å². The van der Waals surface area contributed by atoms with Crippen LogP contribution in [0.2, 0.25) is 0 Å². The summed E-state index contributed by atoms with van der Waals surface area (Å²) in [6.07, 6.45) is 2.80. The normalized spacial score (nSPS) is 9.18. The van der Waals surface area contributed by atoms with E-state index in [0.29, 0.717) is 5.82 Å². The fraction of sp³-hybridized carbons (Fsp3) is 0. The van der Waals surface area contributed by atoms with Gasteiger partial charge in [-0.15, -0.1) is 0 Å². The molecule has 0 aromatic carbocycles. The Balaban J connectivity index is 2.85. The molecule has 1 rings (SSSR count). The molecule has 0 unspecified atom stereocenters. The van der Waals surface area contributed by atoms with Crippen LogP contribution in [-0.2, 0) is 0 Å². The molecule has 0 fully saturated rings. The highest BCUT2D eigenvalue weighted by Gasteiger charge is 2.06. The van der Waals surface area contributed by atoms with Crippen LogP contribution in [0.5, 0.6) is 0 Å². The van der Waals surface area contributed by atoms with Crippen molar-refractivity contribution in [1.82, 2.24) is 9.97 Å². The topological polar surface area (TPSA) is 72.1 Å². The van der Waals surface area contributed by atoms with Crippen molar-refractivity contribution >= 4 is 24.7 Å². The van der Waals surface area contributed by atoms with E-state index >= 15 is 0 Å². The summed E-state index contributed by atoms with van der Waals surface area (Å²) in [6, 6.07) is 0.852. The number of aromatic nitrogens is 2. The Labute approximate surface area is 68.8 Å². The fourth-order valence-corrected chi connectivity index (χ4v) is 0.640. The van der Waals surface area contributed by atoms with Gasteiger partial charge in [0.1, 0.15) is 12.1 Å². The van der Waals surface area contributed by atoms with Gasteiger partial charge in [0.25, 0.3) is 0 Å². The quantitative estimate of drug-likeness (QED) is 0.591. The van der Waals surface area contributed by atoms with Crippen LogP contribution in [0.25, 0.3) is 0 Å². The second-order valence-corrected chi connectivity index (χ2v) is 2.12. The van der Waals surface area contributed by atoms with Gasteiger partial charge in [-0.2, -0.15) is 0 Å². The van der Waals surface area contributed by atoms with Crippen LogP contribution in [0.3, 0.4) is 0 Å². The maximum atomic E-state index is 10.5. The number of primary amides is 1. The molecule has 0 aliphatic carbocycles. The predicted molar refractivity (Wildman–Crippen MR) is 43.1 cm³/mol. The van der Waals surface area contributed by atoms with Crippen molar-refractivity contribution in [3.8, 4) is 0 Å². The molecule has 5 nitrogen and oxygen atoms in total. The number of hydrogen-bond acceptors (Lipinski definition) is 4. The molecule has 1 aromatic heterocycles. The number of carbonyl (C=O) groups excluding carboxylic acids is 1. The molecule has 0 aliphatic rings. The van der Waals surface area contributed by atoms with Gasteiger partial charge in [-0.05, 0) is 0 Å². The van der Waals surface area contributed by atoms with Gasteiger partial charge in [0.2, 0.25) is 0 Å². The Morgan fingerprint density at radius 2 is 2.45 bits per heavy atom. The van der Waals surface area contributed by atoms with Gasteiger partial charge in [0.15, 0.2) is 0 Å². The van der Waals surface area contributed by atoms with Crippen molar-refractivity contribution in [1.29, 1.82) is 0 Å². The Morgan fingerprint density at radius 1 is 1.73 bits per heavy atom. The highest BCUT2D eigenvalue weighted by Crippen LogP contribution is 2.08. The number of carbonyl (C=O) groups is 1. The minimum atomic E-state index is -0.674. The molecule has 0 radical (unpaired) electrons. The summed E-state index contributed by atoms with van der Waals surface area (Å²) in [6.45, 7) is 0. The summed E-state index contributed by atoms with van der Waals surface area (Å²) >= 11 is 3.78. The lowest BCUT2D eigenvalue weighted by molar-refractivity contribution is 0.257. The number of nitrogens with two attached hydrogens (primary N) is 1. The van der Waals surface area contributed by atoms with Crippen molar-refractivity contribution in [3.05, 3.63) is 18.6 Å². The molecule has 2 N–H and O–H groups in total. The van der Waals surface area contributed by atoms with Gasteiger partial charge in [-0.1, -0.05) is 12.8 Å². The molecule has 0 saturated carbocycles. The Bertz CT molecular complexity index is 252. The molecule has 0 atom stereocenters. The summed E-state index contributed by atoms with van der Waals surface area (Å²) < 4.78 is 0.932. The molecule has 1 heterocycles.